The molecule has 2 saturated heterocycles. The number of hydrogen-bond acceptors (Lipinski definition) is 6. The molecule has 5 rings (SSSR count). The predicted molar refractivity (Wildman–Crippen MR) is 144 cm³/mol. The smallest absolute Gasteiger partial charge is 0.229 e. The lowest BCUT2D eigenvalue weighted by atomic mass is 9.97. The van der Waals surface area contributed by atoms with Gasteiger partial charge in [-0.2, -0.15) is 0 Å². The number of carbonyl (C=O) groups excluding carboxylic acids is 1. The highest BCUT2D eigenvalue weighted by Crippen LogP contribution is 2.34. The minimum absolute atomic E-state index is 0.0373. The Morgan fingerprint density at radius 1 is 1.11 bits per heavy atom. The van der Waals surface area contributed by atoms with Crippen molar-refractivity contribution in [2.24, 2.45) is 11.8 Å². The van der Waals surface area contributed by atoms with E-state index in [-0.39, 0.29) is 11.8 Å². The highest BCUT2D eigenvalue weighted by atomic mass is 32.1. The summed E-state index contributed by atoms with van der Waals surface area (Å²) in [6.07, 6.45) is 4.48. The summed E-state index contributed by atoms with van der Waals surface area (Å²) in [5, 5.41) is 4.14. The lowest BCUT2D eigenvalue weighted by Crippen LogP contribution is -2.40. The zero-order chi connectivity index (χ0) is 24.2. The fourth-order valence-electron chi connectivity index (χ4n) is 5.07. The molecule has 0 spiro atoms. The van der Waals surface area contributed by atoms with Crippen LogP contribution in [0.25, 0.3) is 10.2 Å². The normalized spacial score (nSPS) is 19.7. The molecule has 3 heterocycles. The third-order valence-electron chi connectivity index (χ3n) is 7.23. The van der Waals surface area contributed by atoms with Crippen molar-refractivity contribution in [2.45, 2.75) is 46.1 Å². The molecular formula is C28H36N4O2S. The Labute approximate surface area is 212 Å². The van der Waals surface area contributed by atoms with E-state index in [2.05, 4.69) is 40.2 Å². The van der Waals surface area contributed by atoms with Crippen LogP contribution in [-0.4, -0.2) is 48.6 Å². The highest BCUT2D eigenvalue weighted by molar-refractivity contribution is 7.22. The van der Waals surface area contributed by atoms with Gasteiger partial charge in [0.25, 0.3) is 0 Å². The minimum atomic E-state index is -0.0373. The summed E-state index contributed by atoms with van der Waals surface area (Å²) in [6, 6.07) is 14.4. The number of amides is 1. The van der Waals surface area contributed by atoms with Gasteiger partial charge < -0.3 is 15.0 Å². The Balaban J connectivity index is 1.17. The Bertz CT molecular complexity index is 1140. The average Bonchev–Trinajstić information content (AvgIpc) is 3.30. The number of fused-ring (bicyclic) bond motifs is 1. The number of rotatable bonds is 7. The number of likely N-dealkylation sites (tertiary alicyclic amines) is 1. The second-order valence-electron chi connectivity index (χ2n) is 9.99. The van der Waals surface area contributed by atoms with Gasteiger partial charge in [0.1, 0.15) is 5.75 Å². The van der Waals surface area contributed by atoms with E-state index in [0.717, 1.165) is 58.6 Å². The number of nitrogens with zero attached hydrogens (tertiary/aromatic N) is 3. The number of thiazole rings is 1. The Hall–Kier alpha value is -2.64. The monoisotopic (exact) mass is 492 g/mol. The molecule has 3 aromatic rings. The van der Waals surface area contributed by atoms with E-state index in [0.29, 0.717) is 13.2 Å². The van der Waals surface area contributed by atoms with Crippen molar-refractivity contribution >= 4 is 38.3 Å². The third-order valence-corrected chi connectivity index (χ3v) is 8.31. The van der Waals surface area contributed by atoms with Crippen LogP contribution in [0.5, 0.6) is 5.75 Å². The number of hydrogen-bond donors (Lipinski definition) is 1. The Kier molecular flexibility index (Phi) is 7.54. The number of benzene rings is 2. The van der Waals surface area contributed by atoms with Crippen LogP contribution in [-0.2, 0) is 11.3 Å². The van der Waals surface area contributed by atoms with Crippen molar-refractivity contribution in [2.75, 3.05) is 43.0 Å². The molecule has 1 atom stereocenters. The molecule has 2 fully saturated rings. The van der Waals surface area contributed by atoms with Gasteiger partial charge in [-0.25, -0.2) is 4.98 Å². The van der Waals surface area contributed by atoms with Gasteiger partial charge in [-0.05, 0) is 87.5 Å². The summed E-state index contributed by atoms with van der Waals surface area (Å²) in [5.74, 6) is 1.79. The van der Waals surface area contributed by atoms with E-state index in [1.165, 1.54) is 31.5 Å². The summed E-state index contributed by atoms with van der Waals surface area (Å²) < 4.78 is 6.75. The van der Waals surface area contributed by atoms with Gasteiger partial charge in [0.2, 0.25) is 5.91 Å². The van der Waals surface area contributed by atoms with Gasteiger partial charge in [0.15, 0.2) is 5.13 Å². The lowest BCUT2D eigenvalue weighted by Gasteiger charge is -2.31. The third kappa shape index (κ3) is 5.96. The van der Waals surface area contributed by atoms with Gasteiger partial charge in [-0.15, -0.1) is 0 Å². The number of carbonyl (C=O) groups is 1. The quantitative estimate of drug-likeness (QED) is 0.453. The van der Waals surface area contributed by atoms with Crippen molar-refractivity contribution in [3.8, 4) is 5.75 Å². The fourth-order valence-corrected chi connectivity index (χ4v) is 6.09. The van der Waals surface area contributed by atoms with Crippen molar-refractivity contribution in [3.63, 3.8) is 0 Å². The number of anilines is 2. The van der Waals surface area contributed by atoms with Crippen molar-refractivity contribution in [1.82, 2.24) is 9.88 Å². The first-order valence-electron chi connectivity index (χ1n) is 13.0. The molecule has 0 aliphatic carbocycles. The van der Waals surface area contributed by atoms with E-state index in [4.69, 9.17) is 9.72 Å². The van der Waals surface area contributed by atoms with Crippen LogP contribution >= 0.6 is 11.3 Å². The molecule has 1 amide bonds. The molecule has 2 aromatic carbocycles. The van der Waals surface area contributed by atoms with Crippen LogP contribution in [0, 0.1) is 11.8 Å². The zero-order valence-electron chi connectivity index (χ0n) is 20.8. The molecule has 6 nitrogen and oxygen atoms in total. The minimum Gasteiger partial charge on any atom is -0.494 e. The second kappa shape index (κ2) is 11.0. The van der Waals surface area contributed by atoms with Gasteiger partial charge in [0.05, 0.1) is 22.7 Å². The first kappa shape index (κ1) is 24.1. The summed E-state index contributed by atoms with van der Waals surface area (Å²) in [4.78, 5) is 22.7. The maximum atomic E-state index is 13.1. The van der Waals surface area contributed by atoms with Gasteiger partial charge >= 0.3 is 0 Å². The molecule has 1 aromatic heterocycles. The van der Waals surface area contributed by atoms with Crippen LogP contribution in [0.15, 0.2) is 42.5 Å². The number of piperidine rings is 2. The molecular weight excluding hydrogens is 456 g/mol. The Morgan fingerprint density at radius 2 is 1.91 bits per heavy atom. The van der Waals surface area contributed by atoms with Gasteiger partial charge in [-0.1, -0.05) is 30.4 Å². The highest BCUT2D eigenvalue weighted by Gasteiger charge is 2.27. The average molecular weight is 493 g/mol. The van der Waals surface area contributed by atoms with Gasteiger partial charge in [0, 0.05) is 25.3 Å². The van der Waals surface area contributed by atoms with E-state index in [1.54, 1.807) is 11.3 Å². The van der Waals surface area contributed by atoms with E-state index in [1.807, 2.05) is 31.2 Å². The largest absolute Gasteiger partial charge is 0.494 e. The second-order valence-corrected chi connectivity index (χ2v) is 11.0. The number of nitrogens with one attached hydrogen (secondary N) is 1. The van der Waals surface area contributed by atoms with E-state index < -0.39 is 0 Å². The number of ether oxygens (including phenoxy) is 1. The topological polar surface area (TPSA) is 57.7 Å². The molecule has 2 aliphatic rings. The van der Waals surface area contributed by atoms with Crippen molar-refractivity contribution in [1.29, 1.82) is 0 Å². The maximum absolute atomic E-state index is 13.1. The molecule has 0 saturated carbocycles. The Morgan fingerprint density at radius 3 is 2.69 bits per heavy atom. The lowest BCUT2D eigenvalue weighted by molar-refractivity contribution is -0.120. The van der Waals surface area contributed by atoms with Crippen LogP contribution in [0.1, 0.15) is 45.1 Å². The molecule has 1 N–H and O–H groups in total. The van der Waals surface area contributed by atoms with Crippen LogP contribution in [0.4, 0.5) is 10.8 Å². The molecule has 2 aliphatic heterocycles. The van der Waals surface area contributed by atoms with Crippen molar-refractivity contribution < 1.29 is 9.53 Å². The van der Waals surface area contributed by atoms with Crippen LogP contribution in [0.3, 0.4) is 0 Å². The van der Waals surface area contributed by atoms with Gasteiger partial charge in [-0.3, -0.25) is 9.69 Å². The molecule has 7 heteroatoms. The van der Waals surface area contributed by atoms with E-state index in [9.17, 15) is 4.79 Å². The summed E-state index contributed by atoms with van der Waals surface area (Å²) in [5.41, 5.74) is 3.18. The van der Waals surface area contributed by atoms with Crippen molar-refractivity contribution in [3.05, 3.63) is 48.0 Å². The summed E-state index contributed by atoms with van der Waals surface area (Å²) in [6.45, 7) is 9.98. The molecule has 186 valence electrons. The van der Waals surface area contributed by atoms with Crippen LogP contribution in [0.2, 0.25) is 0 Å². The number of aromatic nitrogens is 1. The van der Waals surface area contributed by atoms with E-state index >= 15 is 0 Å². The van der Waals surface area contributed by atoms with Crippen LogP contribution < -0.4 is 15.0 Å². The standard InChI is InChI=1S/C28H36N4O2S/c1-3-34-24-10-11-25-26(17-24)35-28(30-25)32-14-4-5-22(19-32)27(33)29-23-8-6-21(7-9-23)18-31-15-12-20(2)13-16-31/h6-11,17,20,22H,3-5,12-16,18-19H2,1-2H3,(H,29,33). The first-order chi connectivity index (χ1) is 17.1. The molecule has 0 bridgehead atoms. The summed E-state index contributed by atoms with van der Waals surface area (Å²) >= 11 is 1.68. The molecule has 35 heavy (non-hydrogen) atoms. The maximum Gasteiger partial charge on any atom is 0.229 e. The molecule has 0 radical (unpaired) electrons. The summed E-state index contributed by atoms with van der Waals surface area (Å²) in [7, 11) is 0. The predicted octanol–water partition coefficient (Wildman–Crippen LogP) is 5.78. The molecule has 1 unspecified atom stereocenters. The first-order valence-corrected chi connectivity index (χ1v) is 13.8. The SMILES string of the molecule is CCOc1ccc2nc(N3CCCC(C(=O)Nc4ccc(CN5CCC(C)CC5)cc4)C3)sc2c1. The fraction of sp³-hybridized carbons (Fsp3) is 0.500. The zero-order valence-corrected chi connectivity index (χ0v) is 21.7.